The fourth-order valence-electron chi connectivity index (χ4n) is 2.33. The minimum Gasteiger partial charge on any atom is -0.493 e. The molecule has 6 heteroatoms. The van der Waals surface area contributed by atoms with Gasteiger partial charge in [-0.25, -0.2) is 4.79 Å². The number of rotatable bonds is 5. The lowest BCUT2D eigenvalue weighted by Gasteiger charge is -2.18. The Labute approximate surface area is 125 Å². The molecule has 0 heterocycles. The fraction of sp³-hybridized carbons (Fsp3) is 0.500. The van der Waals surface area contributed by atoms with Crippen LogP contribution in [0.2, 0.25) is 0 Å². The molecule has 2 rings (SSSR count). The number of hydrogen-bond acceptors (Lipinski definition) is 4. The Bertz CT molecular complexity index is 497. The van der Waals surface area contributed by atoms with Crippen LogP contribution in [0.5, 0.6) is 11.5 Å². The molecule has 1 atom stereocenters. The van der Waals surface area contributed by atoms with Gasteiger partial charge in [-0.05, 0) is 37.8 Å². The summed E-state index contributed by atoms with van der Waals surface area (Å²) >= 11 is 3.27. The quantitative estimate of drug-likeness (QED) is 0.858. The van der Waals surface area contributed by atoms with Gasteiger partial charge in [-0.2, -0.15) is 0 Å². The van der Waals surface area contributed by atoms with Crippen LogP contribution < -0.4 is 9.47 Å². The lowest BCUT2D eigenvalue weighted by Crippen LogP contribution is -2.14. The lowest BCUT2D eigenvalue weighted by atomic mass is 10.1. The number of aliphatic hydroxyl groups is 1. The van der Waals surface area contributed by atoms with Crippen molar-refractivity contribution in [3.05, 3.63) is 22.2 Å². The summed E-state index contributed by atoms with van der Waals surface area (Å²) in [7, 11) is 1.49. The van der Waals surface area contributed by atoms with E-state index in [4.69, 9.17) is 14.6 Å². The maximum atomic E-state index is 10.9. The summed E-state index contributed by atoms with van der Waals surface area (Å²) in [4.78, 5) is 10.9. The van der Waals surface area contributed by atoms with Gasteiger partial charge in [0.15, 0.2) is 17.6 Å². The summed E-state index contributed by atoms with van der Waals surface area (Å²) in [6, 6.07) is 3.14. The average Bonchev–Trinajstić information content (AvgIpc) is 2.91. The van der Waals surface area contributed by atoms with E-state index >= 15 is 0 Å². The van der Waals surface area contributed by atoms with Gasteiger partial charge in [0.1, 0.15) is 0 Å². The summed E-state index contributed by atoms with van der Waals surface area (Å²) in [6.07, 6.45) is 2.92. The van der Waals surface area contributed by atoms with Crippen molar-refractivity contribution in [2.24, 2.45) is 0 Å². The number of carboxylic acids is 1. The van der Waals surface area contributed by atoms with Gasteiger partial charge in [-0.1, -0.05) is 15.9 Å². The molecule has 1 aromatic carbocycles. The molecule has 5 nitrogen and oxygen atoms in total. The first-order chi connectivity index (χ1) is 9.52. The van der Waals surface area contributed by atoms with Crippen LogP contribution in [-0.2, 0) is 4.79 Å². The lowest BCUT2D eigenvalue weighted by molar-refractivity contribution is -0.147. The van der Waals surface area contributed by atoms with Crippen LogP contribution in [-0.4, -0.2) is 29.4 Å². The number of carbonyl (C=O) groups is 1. The standard InChI is InChI=1S/C14H17BrO5/c1-19-11-6-9(13(16)14(17)18)10(15)7-12(11)20-8-4-2-3-5-8/h6-8,13,16H,2-5H2,1H3,(H,17,18). The molecular weight excluding hydrogens is 328 g/mol. The van der Waals surface area contributed by atoms with Gasteiger partial charge in [0.25, 0.3) is 0 Å². The van der Waals surface area contributed by atoms with Gasteiger partial charge in [0.2, 0.25) is 0 Å². The Balaban J connectivity index is 2.29. The Morgan fingerprint density at radius 1 is 1.35 bits per heavy atom. The zero-order valence-electron chi connectivity index (χ0n) is 11.1. The Morgan fingerprint density at radius 2 is 2.00 bits per heavy atom. The molecule has 110 valence electrons. The summed E-state index contributed by atoms with van der Waals surface area (Å²) in [5.74, 6) is -0.319. The molecule has 0 radical (unpaired) electrons. The van der Waals surface area contributed by atoms with E-state index in [1.54, 1.807) is 6.07 Å². The van der Waals surface area contributed by atoms with Crippen LogP contribution in [0.4, 0.5) is 0 Å². The Morgan fingerprint density at radius 3 is 2.55 bits per heavy atom. The topological polar surface area (TPSA) is 76.0 Å². The van der Waals surface area contributed by atoms with Crippen LogP contribution in [0.1, 0.15) is 37.4 Å². The summed E-state index contributed by atoms with van der Waals surface area (Å²) in [5, 5.41) is 18.5. The van der Waals surface area contributed by atoms with Crippen LogP contribution in [0.15, 0.2) is 16.6 Å². The van der Waals surface area contributed by atoms with Gasteiger partial charge in [-0.3, -0.25) is 0 Å². The van der Waals surface area contributed by atoms with E-state index in [1.807, 2.05) is 0 Å². The summed E-state index contributed by atoms with van der Waals surface area (Å²) in [5.41, 5.74) is 0.244. The van der Waals surface area contributed by atoms with E-state index in [-0.39, 0.29) is 11.7 Å². The highest BCUT2D eigenvalue weighted by Gasteiger charge is 2.24. The van der Waals surface area contributed by atoms with E-state index in [0.717, 1.165) is 25.7 Å². The van der Waals surface area contributed by atoms with Crippen molar-refractivity contribution in [3.63, 3.8) is 0 Å². The molecule has 1 unspecified atom stereocenters. The summed E-state index contributed by atoms with van der Waals surface area (Å²) in [6.45, 7) is 0. The maximum Gasteiger partial charge on any atom is 0.337 e. The van der Waals surface area contributed by atoms with Gasteiger partial charge < -0.3 is 19.7 Å². The zero-order chi connectivity index (χ0) is 14.7. The first kappa shape index (κ1) is 15.1. The maximum absolute atomic E-state index is 10.9. The number of carboxylic acid groups (broad SMARTS) is 1. The highest BCUT2D eigenvalue weighted by atomic mass is 79.9. The molecule has 0 bridgehead atoms. The van der Waals surface area contributed by atoms with Gasteiger partial charge in [0.05, 0.1) is 13.2 Å². The second-order valence-electron chi connectivity index (χ2n) is 4.79. The normalized spacial score (nSPS) is 16.9. The predicted molar refractivity (Wildman–Crippen MR) is 76.2 cm³/mol. The van der Waals surface area contributed by atoms with E-state index in [2.05, 4.69) is 15.9 Å². The minimum atomic E-state index is -1.60. The number of ether oxygens (including phenoxy) is 2. The SMILES string of the molecule is COc1cc(C(O)C(=O)O)c(Br)cc1OC1CCCC1. The third-order valence-electron chi connectivity index (χ3n) is 3.41. The number of aliphatic carboxylic acids is 1. The van der Waals surface area contributed by atoms with Crippen LogP contribution in [0, 0.1) is 0 Å². The largest absolute Gasteiger partial charge is 0.493 e. The van der Waals surface area contributed by atoms with Crippen molar-refractivity contribution in [1.29, 1.82) is 0 Å². The smallest absolute Gasteiger partial charge is 0.337 e. The second-order valence-corrected chi connectivity index (χ2v) is 5.64. The molecule has 1 saturated carbocycles. The number of benzene rings is 1. The minimum absolute atomic E-state index is 0.172. The first-order valence-electron chi connectivity index (χ1n) is 6.48. The number of methoxy groups -OCH3 is 1. The number of hydrogen-bond donors (Lipinski definition) is 2. The molecule has 0 saturated heterocycles. The molecule has 0 amide bonds. The zero-order valence-corrected chi connectivity index (χ0v) is 12.7. The highest BCUT2D eigenvalue weighted by Crippen LogP contribution is 2.38. The molecule has 1 aromatic rings. The molecule has 1 aliphatic rings. The van der Waals surface area contributed by atoms with Crippen molar-refractivity contribution in [2.75, 3.05) is 7.11 Å². The van der Waals surface area contributed by atoms with Gasteiger partial charge in [0, 0.05) is 10.0 Å². The van der Waals surface area contributed by atoms with E-state index < -0.39 is 12.1 Å². The van der Waals surface area contributed by atoms with Crippen LogP contribution >= 0.6 is 15.9 Å². The third kappa shape index (κ3) is 3.24. The van der Waals surface area contributed by atoms with Crippen molar-refractivity contribution >= 4 is 21.9 Å². The Hall–Kier alpha value is -1.27. The predicted octanol–water partition coefficient (Wildman–Crippen LogP) is 2.90. The average molecular weight is 345 g/mol. The van der Waals surface area contributed by atoms with Gasteiger partial charge >= 0.3 is 5.97 Å². The van der Waals surface area contributed by atoms with Crippen molar-refractivity contribution in [2.45, 2.75) is 37.9 Å². The van der Waals surface area contributed by atoms with E-state index in [0.29, 0.717) is 16.0 Å². The second kappa shape index (κ2) is 6.45. The van der Waals surface area contributed by atoms with Gasteiger partial charge in [-0.15, -0.1) is 0 Å². The van der Waals surface area contributed by atoms with Crippen molar-refractivity contribution in [3.8, 4) is 11.5 Å². The van der Waals surface area contributed by atoms with Crippen molar-refractivity contribution in [1.82, 2.24) is 0 Å². The van der Waals surface area contributed by atoms with E-state index in [1.165, 1.54) is 13.2 Å². The summed E-state index contributed by atoms with van der Waals surface area (Å²) < 4.78 is 11.6. The monoisotopic (exact) mass is 344 g/mol. The van der Waals surface area contributed by atoms with Crippen molar-refractivity contribution < 1.29 is 24.5 Å². The molecule has 20 heavy (non-hydrogen) atoms. The molecule has 1 aliphatic carbocycles. The van der Waals surface area contributed by atoms with Crippen LogP contribution in [0.3, 0.4) is 0 Å². The number of halogens is 1. The third-order valence-corrected chi connectivity index (χ3v) is 4.09. The van der Waals surface area contributed by atoms with Crippen LogP contribution in [0.25, 0.3) is 0 Å². The molecule has 0 spiro atoms. The fourth-order valence-corrected chi connectivity index (χ4v) is 2.87. The molecule has 1 fully saturated rings. The molecule has 0 aromatic heterocycles. The molecular formula is C14H17BrO5. The molecule has 2 N–H and O–H groups in total. The Kier molecular flexibility index (Phi) is 4.88. The van der Waals surface area contributed by atoms with E-state index in [9.17, 15) is 9.90 Å². The first-order valence-corrected chi connectivity index (χ1v) is 7.27. The number of aliphatic hydroxyl groups excluding tert-OH is 1. The molecule has 0 aliphatic heterocycles. The highest BCUT2D eigenvalue weighted by molar-refractivity contribution is 9.10.